The molecule has 0 saturated carbocycles. The Kier molecular flexibility index (Phi) is 4.65. The monoisotopic (exact) mass is 301 g/mol. The van der Waals surface area contributed by atoms with E-state index in [0.29, 0.717) is 5.92 Å². The number of aromatic carboxylic acids is 1. The Morgan fingerprint density at radius 3 is 2.00 bits per heavy atom. The minimum atomic E-state index is -1.20. The summed E-state index contributed by atoms with van der Waals surface area (Å²) >= 11 is 0. The molecule has 5 nitrogen and oxygen atoms in total. The van der Waals surface area contributed by atoms with Gasteiger partial charge >= 0.3 is 5.97 Å². The Morgan fingerprint density at radius 2 is 1.50 bits per heavy atom. The molecule has 1 unspecified atom stereocenters. The summed E-state index contributed by atoms with van der Waals surface area (Å²) in [6, 6.07) is 10.5. The summed E-state index contributed by atoms with van der Waals surface area (Å²) in [4.78, 5) is 22.8. The number of hydrogen-bond donors (Lipinski definition) is 2. The highest BCUT2D eigenvalue weighted by molar-refractivity contribution is 5.93. The van der Waals surface area contributed by atoms with Gasteiger partial charge in [-0.2, -0.15) is 0 Å². The van der Waals surface area contributed by atoms with Gasteiger partial charge in [-0.3, -0.25) is 4.79 Å². The summed E-state index contributed by atoms with van der Waals surface area (Å²) in [5, 5.41) is 11.6. The van der Waals surface area contributed by atoms with Crippen molar-refractivity contribution in [3.8, 4) is 0 Å². The van der Waals surface area contributed by atoms with E-state index in [0.717, 1.165) is 5.56 Å². The van der Waals surface area contributed by atoms with Gasteiger partial charge in [0.15, 0.2) is 5.76 Å². The number of amides is 1. The Hall–Kier alpha value is -2.56. The molecule has 22 heavy (non-hydrogen) atoms. The van der Waals surface area contributed by atoms with Crippen molar-refractivity contribution in [2.24, 2.45) is 0 Å². The zero-order valence-corrected chi connectivity index (χ0v) is 12.8. The highest BCUT2D eigenvalue weighted by atomic mass is 16.4. The van der Waals surface area contributed by atoms with Crippen molar-refractivity contribution in [3.63, 3.8) is 0 Å². The molecule has 0 aliphatic rings. The SMILES string of the molecule is CC(C)c1ccc(C(C)NC(=O)c2ccc(C(=O)O)o2)cc1. The third-order valence-corrected chi connectivity index (χ3v) is 3.49. The molecular weight excluding hydrogens is 282 g/mol. The molecule has 0 radical (unpaired) electrons. The van der Waals surface area contributed by atoms with Crippen LogP contribution < -0.4 is 5.32 Å². The van der Waals surface area contributed by atoms with Crippen molar-refractivity contribution in [2.45, 2.75) is 32.7 Å². The van der Waals surface area contributed by atoms with Gasteiger partial charge in [0, 0.05) is 0 Å². The molecule has 0 spiro atoms. The maximum atomic E-state index is 12.0. The van der Waals surface area contributed by atoms with Gasteiger partial charge < -0.3 is 14.8 Å². The lowest BCUT2D eigenvalue weighted by Gasteiger charge is -2.14. The van der Waals surface area contributed by atoms with Crippen LogP contribution in [0, 0.1) is 0 Å². The molecule has 2 N–H and O–H groups in total. The highest BCUT2D eigenvalue weighted by Gasteiger charge is 2.17. The average molecular weight is 301 g/mol. The molecule has 0 aliphatic carbocycles. The van der Waals surface area contributed by atoms with Crippen LogP contribution in [0.4, 0.5) is 0 Å². The molecule has 1 heterocycles. The number of nitrogens with one attached hydrogen (secondary N) is 1. The van der Waals surface area contributed by atoms with Gasteiger partial charge in [-0.15, -0.1) is 0 Å². The quantitative estimate of drug-likeness (QED) is 0.884. The van der Waals surface area contributed by atoms with Crippen molar-refractivity contribution in [3.05, 3.63) is 59.0 Å². The Morgan fingerprint density at radius 1 is 0.955 bits per heavy atom. The van der Waals surface area contributed by atoms with Gasteiger partial charge in [0.25, 0.3) is 5.91 Å². The largest absolute Gasteiger partial charge is 0.475 e. The third kappa shape index (κ3) is 3.55. The van der Waals surface area contributed by atoms with Crippen LogP contribution in [-0.2, 0) is 0 Å². The van der Waals surface area contributed by atoms with Crippen molar-refractivity contribution in [1.82, 2.24) is 5.32 Å². The standard InChI is InChI=1S/C17H19NO4/c1-10(2)12-4-6-13(7-5-12)11(3)18-16(19)14-8-9-15(22-14)17(20)21/h4-11H,1-3H3,(H,18,19)(H,20,21). The van der Waals surface area contributed by atoms with Crippen LogP contribution in [-0.4, -0.2) is 17.0 Å². The molecule has 2 rings (SSSR count). The predicted molar refractivity (Wildman–Crippen MR) is 82.1 cm³/mol. The summed E-state index contributed by atoms with van der Waals surface area (Å²) in [6.45, 7) is 6.11. The van der Waals surface area contributed by atoms with Crippen LogP contribution in [0.1, 0.15) is 65.0 Å². The average Bonchev–Trinajstić information content (AvgIpc) is 2.97. The first kappa shape index (κ1) is 15.8. The second-order valence-electron chi connectivity index (χ2n) is 5.49. The number of hydrogen-bond acceptors (Lipinski definition) is 3. The van der Waals surface area contributed by atoms with Crippen LogP contribution >= 0.6 is 0 Å². The highest BCUT2D eigenvalue weighted by Crippen LogP contribution is 2.19. The van der Waals surface area contributed by atoms with E-state index in [2.05, 4.69) is 19.2 Å². The summed E-state index contributed by atoms with van der Waals surface area (Å²) < 4.78 is 4.98. The van der Waals surface area contributed by atoms with E-state index in [4.69, 9.17) is 9.52 Å². The molecule has 0 aliphatic heterocycles. The Bertz CT molecular complexity index is 670. The van der Waals surface area contributed by atoms with Gasteiger partial charge in [-0.1, -0.05) is 38.1 Å². The van der Waals surface area contributed by atoms with Crippen LogP contribution in [0.3, 0.4) is 0 Å². The molecule has 0 saturated heterocycles. The van der Waals surface area contributed by atoms with E-state index in [1.165, 1.54) is 17.7 Å². The first-order chi connectivity index (χ1) is 10.4. The Labute approximate surface area is 129 Å². The molecular formula is C17H19NO4. The van der Waals surface area contributed by atoms with Gasteiger partial charge in [0.2, 0.25) is 5.76 Å². The molecule has 5 heteroatoms. The summed E-state index contributed by atoms with van der Waals surface area (Å²) in [7, 11) is 0. The van der Waals surface area contributed by atoms with Gasteiger partial charge in [0.1, 0.15) is 0 Å². The van der Waals surface area contributed by atoms with Gasteiger partial charge in [0.05, 0.1) is 6.04 Å². The molecule has 116 valence electrons. The molecule has 1 amide bonds. The van der Waals surface area contributed by atoms with Gasteiger partial charge in [-0.25, -0.2) is 4.79 Å². The van der Waals surface area contributed by atoms with E-state index < -0.39 is 11.9 Å². The lowest BCUT2D eigenvalue weighted by molar-refractivity contribution is 0.0659. The van der Waals surface area contributed by atoms with E-state index in [1.54, 1.807) is 0 Å². The van der Waals surface area contributed by atoms with Gasteiger partial charge in [-0.05, 0) is 36.1 Å². The van der Waals surface area contributed by atoms with E-state index in [-0.39, 0.29) is 17.6 Å². The van der Waals surface area contributed by atoms with Crippen LogP contribution in [0.15, 0.2) is 40.8 Å². The topological polar surface area (TPSA) is 79.5 Å². The van der Waals surface area contributed by atoms with E-state index in [9.17, 15) is 9.59 Å². The maximum absolute atomic E-state index is 12.0. The Balaban J connectivity index is 2.05. The number of carboxylic acids is 1. The lowest BCUT2D eigenvalue weighted by atomic mass is 9.99. The number of carbonyl (C=O) groups excluding carboxylic acids is 1. The fourth-order valence-corrected chi connectivity index (χ4v) is 2.10. The summed E-state index contributed by atoms with van der Waals surface area (Å²) in [5.74, 6) is -1.44. The number of rotatable bonds is 5. The minimum Gasteiger partial charge on any atom is -0.475 e. The first-order valence-electron chi connectivity index (χ1n) is 7.12. The number of benzene rings is 1. The van der Waals surface area contributed by atoms with Crippen molar-refractivity contribution < 1.29 is 19.1 Å². The number of furan rings is 1. The molecule has 0 fully saturated rings. The molecule has 0 bridgehead atoms. The molecule has 1 atom stereocenters. The molecule has 1 aromatic carbocycles. The van der Waals surface area contributed by atoms with E-state index in [1.807, 2.05) is 31.2 Å². The van der Waals surface area contributed by atoms with E-state index >= 15 is 0 Å². The molecule has 1 aromatic heterocycles. The summed E-state index contributed by atoms with van der Waals surface area (Å²) in [5.41, 5.74) is 2.21. The van der Waals surface area contributed by atoms with Crippen LogP contribution in [0.2, 0.25) is 0 Å². The first-order valence-corrected chi connectivity index (χ1v) is 7.12. The fourth-order valence-electron chi connectivity index (χ4n) is 2.10. The van der Waals surface area contributed by atoms with Crippen molar-refractivity contribution >= 4 is 11.9 Å². The van der Waals surface area contributed by atoms with Crippen molar-refractivity contribution in [2.75, 3.05) is 0 Å². The zero-order valence-electron chi connectivity index (χ0n) is 12.8. The van der Waals surface area contributed by atoms with Crippen LogP contribution in [0.5, 0.6) is 0 Å². The minimum absolute atomic E-state index is 0.0111. The van der Waals surface area contributed by atoms with Crippen molar-refractivity contribution in [1.29, 1.82) is 0 Å². The maximum Gasteiger partial charge on any atom is 0.371 e. The fraction of sp³-hybridized carbons (Fsp3) is 0.294. The van der Waals surface area contributed by atoms with Crippen LogP contribution in [0.25, 0.3) is 0 Å². The normalized spacial score (nSPS) is 12.2. The zero-order chi connectivity index (χ0) is 16.3. The number of carbonyl (C=O) groups is 2. The predicted octanol–water partition coefficient (Wildman–Crippen LogP) is 3.59. The third-order valence-electron chi connectivity index (χ3n) is 3.49. The summed E-state index contributed by atoms with van der Waals surface area (Å²) in [6.07, 6.45) is 0. The smallest absolute Gasteiger partial charge is 0.371 e. The lowest BCUT2D eigenvalue weighted by Crippen LogP contribution is -2.26. The second-order valence-corrected chi connectivity index (χ2v) is 5.49. The number of carboxylic acid groups (broad SMARTS) is 1. The second kappa shape index (κ2) is 6.47. The molecule has 2 aromatic rings.